The number of nitrogens with zero attached hydrogens (tertiary/aromatic N) is 1. The van der Waals surface area contributed by atoms with Crippen LogP contribution in [0.3, 0.4) is 0 Å². The maximum Gasteiger partial charge on any atom is 0.408 e. The summed E-state index contributed by atoms with van der Waals surface area (Å²) in [6, 6.07) is 3.03. The Labute approximate surface area is 212 Å². The van der Waals surface area contributed by atoms with Crippen LogP contribution >= 0.6 is 15.9 Å². The number of rotatable bonds is 5. The van der Waals surface area contributed by atoms with E-state index in [1.807, 2.05) is 20.8 Å². The molecule has 190 valence electrons. The minimum atomic E-state index is -1.85. The number of hydrogen-bond acceptors (Lipinski definition) is 4. The average molecular weight is 557 g/mol. The smallest absolute Gasteiger partial charge is 0.408 e. The molecular weight excluding hydrogens is 517 g/mol. The summed E-state index contributed by atoms with van der Waals surface area (Å²) in [6.45, 7) is 16.8. The molecule has 1 aliphatic carbocycles. The Hall–Kier alpha value is -1.45. The number of amides is 1. The zero-order valence-corrected chi connectivity index (χ0v) is 24.2. The molecule has 1 heterocycles. The summed E-state index contributed by atoms with van der Waals surface area (Å²) in [4.78, 5) is 20.5. The van der Waals surface area contributed by atoms with E-state index in [-0.39, 0.29) is 22.6 Å². The Morgan fingerprint density at radius 1 is 1.18 bits per heavy atom. The third-order valence-corrected chi connectivity index (χ3v) is 12.1. The Morgan fingerprint density at radius 2 is 1.79 bits per heavy atom. The van der Waals surface area contributed by atoms with Gasteiger partial charge in [0.1, 0.15) is 16.9 Å². The number of aromatic amines is 1. The van der Waals surface area contributed by atoms with Crippen LogP contribution in [0.1, 0.15) is 79.1 Å². The van der Waals surface area contributed by atoms with E-state index < -0.39 is 31.9 Å². The van der Waals surface area contributed by atoms with Crippen LogP contribution in [0.15, 0.2) is 16.6 Å². The lowest BCUT2D eigenvalue weighted by Crippen LogP contribution is -2.45. The first-order chi connectivity index (χ1) is 15.6. The summed E-state index contributed by atoms with van der Waals surface area (Å²) >= 11 is 3.23. The van der Waals surface area contributed by atoms with Gasteiger partial charge in [-0.05, 0) is 98.6 Å². The topological polar surface area (TPSA) is 76.2 Å². The van der Waals surface area contributed by atoms with Crippen molar-refractivity contribution in [3.05, 3.63) is 28.2 Å². The van der Waals surface area contributed by atoms with Gasteiger partial charge in [-0.1, -0.05) is 20.8 Å². The summed E-state index contributed by atoms with van der Waals surface area (Å²) < 4.78 is 27.2. The first-order valence-electron chi connectivity index (χ1n) is 12.1. The van der Waals surface area contributed by atoms with Crippen molar-refractivity contribution < 1.29 is 18.3 Å². The minimum Gasteiger partial charge on any atom is -0.444 e. The van der Waals surface area contributed by atoms with Gasteiger partial charge in [-0.3, -0.25) is 0 Å². The molecule has 6 nitrogen and oxygen atoms in total. The van der Waals surface area contributed by atoms with Crippen LogP contribution in [-0.4, -0.2) is 36.1 Å². The average Bonchev–Trinajstić information content (AvgIpc) is 3.12. The fraction of sp³-hybridized carbons (Fsp3) is 0.680. The highest BCUT2D eigenvalue weighted by Gasteiger charge is 2.41. The Morgan fingerprint density at radius 3 is 2.35 bits per heavy atom. The molecule has 1 aromatic carbocycles. The number of aromatic nitrogens is 2. The van der Waals surface area contributed by atoms with Crippen molar-refractivity contribution in [3.8, 4) is 0 Å². The number of carbonyl (C=O) groups excluding carboxylic acids is 1. The number of fused-ring (bicyclic) bond motifs is 1. The molecule has 1 atom stereocenters. The predicted molar refractivity (Wildman–Crippen MR) is 140 cm³/mol. The number of alkyl carbamates (subject to hydrolysis) is 1. The molecular formula is C25H39BrFN3O3Si. The molecule has 2 aromatic rings. The zero-order chi connectivity index (χ0) is 25.5. The van der Waals surface area contributed by atoms with Crippen molar-refractivity contribution in [2.75, 3.05) is 0 Å². The number of carbonyl (C=O) groups is 1. The second kappa shape index (κ2) is 9.89. The van der Waals surface area contributed by atoms with Gasteiger partial charge >= 0.3 is 6.09 Å². The number of hydrogen-bond donors (Lipinski definition) is 2. The maximum absolute atomic E-state index is 14.7. The number of H-pyrrole nitrogens is 1. The van der Waals surface area contributed by atoms with Gasteiger partial charge in [0.15, 0.2) is 14.1 Å². The number of ether oxygens (including phenoxy) is 1. The van der Waals surface area contributed by atoms with E-state index in [9.17, 15) is 9.18 Å². The summed E-state index contributed by atoms with van der Waals surface area (Å²) in [6.07, 6.45) is 3.32. The highest BCUT2D eigenvalue weighted by Crippen LogP contribution is 2.41. The lowest BCUT2D eigenvalue weighted by Gasteiger charge is -2.42. The highest BCUT2D eigenvalue weighted by molar-refractivity contribution is 9.10. The van der Waals surface area contributed by atoms with Gasteiger partial charge < -0.3 is 19.5 Å². The second-order valence-electron chi connectivity index (χ2n) is 11.9. The van der Waals surface area contributed by atoms with Gasteiger partial charge in [0, 0.05) is 6.10 Å². The van der Waals surface area contributed by atoms with Crippen LogP contribution in [0, 0.1) is 11.7 Å². The normalized spacial score (nSPS) is 20.9. The molecule has 1 unspecified atom stereocenters. The van der Waals surface area contributed by atoms with E-state index >= 15 is 0 Å². The molecule has 34 heavy (non-hydrogen) atoms. The van der Waals surface area contributed by atoms with E-state index in [0.717, 1.165) is 25.7 Å². The fourth-order valence-corrected chi connectivity index (χ4v) is 5.90. The van der Waals surface area contributed by atoms with E-state index in [2.05, 4.69) is 65.1 Å². The van der Waals surface area contributed by atoms with Crippen molar-refractivity contribution in [2.24, 2.45) is 5.92 Å². The van der Waals surface area contributed by atoms with E-state index in [1.54, 1.807) is 12.1 Å². The summed E-state index contributed by atoms with van der Waals surface area (Å²) in [5.41, 5.74) is 0.241. The van der Waals surface area contributed by atoms with Gasteiger partial charge in [0.2, 0.25) is 0 Å². The fourth-order valence-electron chi connectivity index (χ4n) is 4.16. The summed E-state index contributed by atoms with van der Waals surface area (Å²) in [7, 11) is -1.85. The Kier molecular flexibility index (Phi) is 7.90. The first-order valence-corrected chi connectivity index (χ1v) is 15.8. The van der Waals surface area contributed by atoms with E-state index in [4.69, 9.17) is 9.16 Å². The van der Waals surface area contributed by atoms with Gasteiger partial charge in [-0.15, -0.1) is 0 Å². The molecule has 1 aliphatic rings. The van der Waals surface area contributed by atoms with E-state index in [0.29, 0.717) is 15.8 Å². The molecule has 1 fully saturated rings. The number of nitrogens with one attached hydrogen (secondary N) is 2. The standard InChI is InChI=1S/C25H39BrFN3O3Si/c1-24(2,3)32-23(31)30-20(22-28-18-14-13-17(26)19(27)21(18)29-22)15-9-11-16(12-10-15)33-34(7,8)25(4,5)6/h13-16,20H,9-12H2,1-8H3,(H,28,29)(H,30,31). The van der Waals surface area contributed by atoms with Gasteiger partial charge in [-0.2, -0.15) is 0 Å². The number of halogens is 2. The Bertz CT molecular complexity index is 1020. The van der Waals surface area contributed by atoms with Gasteiger partial charge in [0.05, 0.1) is 16.0 Å². The molecule has 0 bridgehead atoms. The van der Waals surface area contributed by atoms with Crippen LogP contribution < -0.4 is 5.32 Å². The molecule has 3 rings (SSSR count). The lowest BCUT2D eigenvalue weighted by atomic mass is 9.82. The van der Waals surface area contributed by atoms with E-state index in [1.165, 1.54) is 0 Å². The van der Waals surface area contributed by atoms with Crippen molar-refractivity contribution in [3.63, 3.8) is 0 Å². The zero-order valence-electron chi connectivity index (χ0n) is 21.6. The molecule has 0 radical (unpaired) electrons. The van der Waals surface area contributed by atoms with Crippen LogP contribution in [0.2, 0.25) is 18.1 Å². The molecule has 0 spiro atoms. The van der Waals surface area contributed by atoms with Crippen LogP contribution in [-0.2, 0) is 9.16 Å². The molecule has 1 amide bonds. The predicted octanol–water partition coefficient (Wildman–Crippen LogP) is 7.61. The van der Waals surface area contributed by atoms with Gasteiger partial charge in [0.25, 0.3) is 0 Å². The van der Waals surface area contributed by atoms with Crippen LogP contribution in [0.5, 0.6) is 0 Å². The summed E-state index contributed by atoms with van der Waals surface area (Å²) in [5.74, 6) is 0.271. The molecule has 1 saturated carbocycles. The van der Waals surface area contributed by atoms with Crippen LogP contribution in [0.25, 0.3) is 11.0 Å². The lowest BCUT2D eigenvalue weighted by molar-refractivity contribution is 0.0450. The highest BCUT2D eigenvalue weighted by atomic mass is 79.9. The van der Waals surface area contributed by atoms with Crippen LogP contribution in [0.4, 0.5) is 9.18 Å². The Balaban J connectivity index is 1.81. The third-order valence-electron chi connectivity index (χ3n) is 6.99. The minimum absolute atomic E-state index is 0.138. The van der Waals surface area contributed by atoms with Crippen molar-refractivity contribution >= 4 is 41.4 Å². The van der Waals surface area contributed by atoms with Gasteiger partial charge in [-0.25, -0.2) is 14.2 Å². The molecule has 0 saturated heterocycles. The SMILES string of the molecule is CC(C)(C)OC(=O)NC(c1nc2c(F)c(Br)ccc2[nH]1)C1CCC(O[Si](C)(C)C(C)(C)C)CC1. The monoisotopic (exact) mass is 555 g/mol. The largest absolute Gasteiger partial charge is 0.444 e. The molecule has 1 aromatic heterocycles. The molecule has 2 N–H and O–H groups in total. The third kappa shape index (κ3) is 6.40. The maximum atomic E-state index is 14.7. The quantitative estimate of drug-likeness (QED) is 0.372. The number of benzene rings is 1. The summed E-state index contributed by atoms with van der Waals surface area (Å²) in [5, 5.41) is 3.18. The van der Waals surface area contributed by atoms with Crippen molar-refractivity contribution in [1.82, 2.24) is 15.3 Å². The molecule has 0 aliphatic heterocycles. The first kappa shape index (κ1) is 27.1. The van der Waals surface area contributed by atoms with Crippen molar-refractivity contribution in [1.29, 1.82) is 0 Å². The number of imidazole rings is 1. The second-order valence-corrected chi connectivity index (χ2v) is 17.5. The van der Waals surface area contributed by atoms with Crippen molar-refractivity contribution in [2.45, 2.75) is 103 Å². The molecule has 9 heteroatoms.